The van der Waals surface area contributed by atoms with E-state index < -0.39 is 18.2 Å². The first-order chi connectivity index (χ1) is 7.43. The minimum absolute atomic E-state index is 0.0289. The number of phenols is 2. The summed E-state index contributed by atoms with van der Waals surface area (Å²) in [4.78, 5) is 11.5. The summed E-state index contributed by atoms with van der Waals surface area (Å²) in [5.74, 6) is -1.09. The molecule has 0 bridgehead atoms. The van der Waals surface area contributed by atoms with Gasteiger partial charge in [0, 0.05) is 11.1 Å². The van der Waals surface area contributed by atoms with E-state index in [0.29, 0.717) is 5.56 Å². The Balaban J connectivity index is 2.67. The summed E-state index contributed by atoms with van der Waals surface area (Å²) < 4.78 is 4.92. The van der Waals surface area contributed by atoms with Crippen molar-refractivity contribution in [1.29, 1.82) is 0 Å². The van der Waals surface area contributed by atoms with E-state index in [1.165, 1.54) is 19.9 Å². The normalized spacial score (nSPS) is 20.4. The van der Waals surface area contributed by atoms with Gasteiger partial charge in [0.1, 0.15) is 17.1 Å². The molecule has 1 aromatic carbocycles. The maximum absolute atomic E-state index is 11.5. The fourth-order valence-corrected chi connectivity index (χ4v) is 1.81. The van der Waals surface area contributed by atoms with E-state index in [-0.39, 0.29) is 22.6 Å². The van der Waals surface area contributed by atoms with Gasteiger partial charge >= 0.3 is 5.97 Å². The van der Waals surface area contributed by atoms with Crippen molar-refractivity contribution in [3.05, 3.63) is 22.8 Å². The number of aliphatic hydroxyl groups is 1. The molecule has 0 saturated carbocycles. The van der Waals surface area contributed by atoms with Crippen LogP contribution in [-0.2, 0) is 4.74 Å². The zero-order chi connectivity index (χ0) is 12.0. The number of carbonyl (C=O) groups is 1. The summed E-state index contributed by atoms with van der Waals surface area (Å²) in [5.41, 5.74) is 0.573. The lowest BCUT2D eigenvalue weighted by Gasteiger charge is -2.14. The SMILES string of the molecule is Cc1c(O)cc2c(c1O)C(=O)O[C@@H]2[C@H](C)O. The molecule has 0 aliphatic carbocycles. The Kier molecular flexibility index (Phi) is 2.27. The average molecular weight is 224 g/mol. The van der Waals surface area contributed by atoms with Crippen LogP contribution in [0.1, 0.15) is 34.5 Å². The Morgan fingerprint density at radius 1 is 1.44 bits per heavy atom. The van der Waals surface area contributed by atoms with Gasteiger partial charge in [-0.1, -0.05) is 0 Å². The van der Waals surface area contributed by atoms with Crippen LogP contribution in [0.25, 0.3) is 0 Å². The van der Waals surface area contributed by atoms with Crippen molar-refractivity contribution in [1.82, 2.24) is 0 Å². The maximum atomic E-state index is 11.5. The number of phenolic OH excluding ortho intramolecular Hbond substituents is 2. The van der Waals surface area contributed by atoms with Gasteiger partial charge in [0.2, 0.25) is 0 Å². The molecule has 2 rings (SSSR count). The minimum Gasteiger partial charge on any atom is -0.508 e. The van der Waals surface area contributed by atoms with Crippen LogP contribution in [0, 0.1) is 6.92 Å². The van der Waals surface area contributed by atoms with Crippen LogP contribution in [0.15, 0.2) is 6.07 Å². The van der Waals surface area contributed by atoms with E-state index in [0.717, 1.165) is 0 Å². The fraction of sp³-hybridized carbons (Fsp3) is 0.364. The van der Waals surface area contributed by atoms with Gasteiger partial charge < -0.3 is 20.1 Å². The highest BCUT2D eigenvalue weighted by Gasteiger charge is 2.37. The van der Waals surface area contributed by atoms with Crippen LogP contribution >= 0.6 is 0 Å². The number of esters is 1. The maximum Gasteiger partial charge on any atom is 0.343 e. The lowest BCUT2D eigenvalue weighted by atomic mass is 9.98. The molecule has 0 amide bonds. The molecule has 1 aliphatic rings. The second-order valence-electron chi connectivity index (χ2n) is 3.90. The minimum atomic E-state index is -0.897. The smallest absolute Gasteiger partial charge is 0.343 e. The van der Waals surface area contributed by atoms with Gasteiger partial charge in [-0.05, 0) is 19.9 Å². The number of carbonyl (C=O) groups excluding carboxylic acids is 1. The van der Waals surface area contributed by atoms with Crippen LogP contribution in [0.4, 0.5) is 0 Å². The third-order valence-corrected chi connectivity index (χ3v) is 2.74. The summed E-state index contributed by atoms with van der Waals surface area (Å²) in [6, 6.07) is 1.34. The predicted molar refractivity (Wildman–Crippen MR) is 54.3 cm³/mol. The highest BCUT2D eigenvalue weighted by molar-refractivity contribution is 5.98. The van der Waals surface area contributed by atoms with Gasteiger partial charge in [0.25, 0.3) is 0 Å². The molecule has 0 aromatic heterocycles. The van der Waals surface area contributed by atoms with Crippen molar-refractivity contribution in [3.63, 3.8) is 0 Å². The van der Waals surface area contributed by atoms with Crippen LogP contribution in [-0.4, -0.2) is 27.4 Å². The summed E-state index contributed by atoms with van der Waals surface area (Å²) in [5, 5.41) is 28.7. The lowest BCUT2D eigenvalue weighted by molar-refractivity contribution is -0.00282. The number of benzene rings is 1. The quantitative estimate of drug-likeness (QED) is 0.619. The number of cyclic esters (lactones) is 1. The molecular formula is C11H12O5. The third kappa shape index (κ3) is 1.32. The Hall–Kier alpha value is -1.75. The molecule has 0 radical (unpaired) electrons. The molecule has 1 heterocycles. The zero-order valence-electron chi connectivity index (χ0n) is 8.89. The van der Waals surface area contributed by atoms with Crippen molar-refractivity contribution in [2.45, 2.75) is 26.1 Å². The second-order valence-corrected chi connectivity index (χ2v) is 3.90. The Morgan fingerprint density at radius 2 is 2.06 bits per heavy atom. The largest absolute Gasteiger partial charge is 0.508 e. The van der Waals surface area contributed by atoms with Crippen LogP contribution in [0.2, 0.25) is 0 Å². The summed E-state index contributed by atoms with van der Waals surface area (Å²) in [6.45, 7) is 2.97. The summed E-state index contributed by atoms with van der Waals surface area (Å²) in [7, 11) is 0. The molecule has 1 aliphatic heterocycles. The molecular weight excluding hydrogens is 212 g/mol. The highest BCUT2D eigenvalue weighted by Crippen LogP contribution is 2.42. The number of hydrogen-bond acceptors (Lipinski definition) is 5. The van der Waals surface area contributed by atoms with E-state index in [1.54, 1.807) is 0 Å². The van der Waals surface area contributed by atoms with E-state index >= 15 is 0 Å². The number of aromatic hydroxyl groups is 2. The zero-order valence-corrected chi connectivity index (χ0v) is 8.89. The first-order valence-corrected chi connectivity index (χ1v) is 4.88. The number of aliphatic hydroxyl groups excluding tert-OH is 1. The van der Waals surface area contributed by atoms with Crippen molar-refractivity contribution in [2.75, 3.05) is 0 Å². The fourth-order valence-electron chi connectivity index (χ4n) is 1.81. The number of hydrogen-bond donors (Lipinski definition) is 3. The van der Waals surface area contributed by atoms with Gasteiger partial charge in [-0.3, -0.25) is 0 Å². The number of fused-ring (bicyclic) bond motifs is 1. The van der Waals surface area contributed by atoms with Crippen molar-refractivity contribution in [3.8, 4) is 11.5 Å². The van der Waals surface area contributed by atoms with Crippen LogP contribution in [0.5, 0.6) is 11.5 Å². The van der Waals surface area contributed by atoms with Crippen molar-refractivity contribution < 1.29 is 24.9 Å². The number of rotatable bonds is 1. The predicted octanol–water partition coefficient (Wildman–Crippen LogP) is 0.999. The molecule has 3 N–H and O–H groups in total. The van der Waals surface area contributed by atoms with Gasteiger partial charge in [-0.15, -0.1) is 0 Å². The molecule has 0 spiro atoms. The van der Waals surface area contributed by atoms with E-state index in [9.17, 15) is 20.1 Å². The van der Waals surface area contributed by atoms with Crippen LogP contribution in [0.3, 0.4) is 0 Å². The van der Waals surface area contributed by atoms with E-state index in [2.05, 4.69) is 0 Å². The Morgan fingerprint density at radius 3 is 2.62 bits per heavy atom. The molecule has 5 heteroatoms. The molecule has 5 nitrogen and oxygen atoms in total. The molecule has 2 atom stereocenters. The summed E-state index contributed by atoms with van der Waals surface area (Å²) in [6.07, 6.45) is -1.73. The molecule has 0 saturated heterocycles. The Labute approximate surface area is 91.9 Å². The monoisotopic (exact) mass is 224 g/mol. The van der Waals surface area contributed by atoms with Gasteiger partial charge in [0.15, 0.2) is 6.10 Å². The van der Waals surface area contributed by atoms with Gasteiger partial charge in [-0.2, -0.15) is 0 Å². The molecule has 86 valence electrons. The molecule has 1 aromatic rings. The standard InChI is InChI=1S/C11H12O5/c1-4-7(13)3-6-8(9(4)14)11(15)16-10(6)5(2)12/h3,5,10,12-14H,1-2H3/t5-,10+/m0/s1. The van der Waals surface area contributed by atoms with E-state index in [1.807, 2.05) is 0 Å². The van der Waals surface area contributed by atoms with Gasteiger partial charge in [-0.25, -0.2) is 4.79 Å². The summed E-state index contributed by atoms with van der Waals surface area (Å²) >= 11 is 0. The molecule has 0 fully saturated rings. The van der Waals surface area contributed by atoms with Crippen molar-refractivity contribution in [2.24, 2.45) is 0 Å². The Bertz CT molecular complexity index is 464. The molecule has 0 unspecified atom stereocenters. The second kappa shape index (κ2) is 3.38. The highest BCUT2D eigenvalue weighted by atomic mass is 16.6. The molecule has 16 heavy (non-hydrogen) atoms. The third-order valence-electron chi connectivity index (χ3n) is 2.74. The topological polar surface area (TPSA) is 87.0 Å². The van der Waals surface area contributed by atoms with Crippen molar-refractivity contribution >= 4 is 5.97 Å². The lowest BCUT2D eigenvalue weighted by Crippen LogP contribution is -2.14. The van der Waals surface area contributed by atoms with Crippen LogP contribution < -0.4 is 0 Å². The average Bonchev–Trinajstić information content (AvgIpc) is 2.52. The number of ether oxygens (including phenoxy) is 1. The first kappa shape index (κ1) is 10.8. The van der Waals surface area contributed by atoms with Gasteiger partial charge in [0.05, 0.1) is 6.10 Å². The first-order valence-electron chi connectivity index (χ1n) is 4.88. The van der Waals surface area contributed by atoms with E-state index in [4.69, 9.17) is 4.74 Å².